The fourth-order valence-corrected chi connectivity index (χ4v) is 2.83. The number of allylic oxidation sites excluding steroid dienone is 4. The monoisotopic (exact) mass is 254 g/mol. The number of carbonyl (C=O) groups is 1. The first-order chi connectivity index (χ1) is 9.33. The summed E-state index contributed by atoms with van der Waals surface area (Å²) in [5, 5.41) is 0. The summed E-state index contributed by atoms with van der Waals surface area (Å²) in [5.74, 6) is 1.72. The largest absolute Gasteiger partial charge is 0.493 e. The minimum Gasteiger partial charge on any atom is -0.493 e. The molecule has 2 heteroatoms. The van der Waals surface area contributed by atoms with Gasteiger partial charge in [0.25, 0.3) is 0 Å². The maximum atomic E-state index is 11.8. The molecule has 0 radical (unpaired) electrons. The normalized spacial score (nSPS) is 22.3. The lowest BCUT2D eigenvalue weighted by Crippen LogP contribution is -2.22. The van der Waals surface area contributed by atoms with E-state index >= 15 is 0 Å². The van der Waals surface area contributed by atoms with Gasteiger partial charge in [0.15, 0.2) is 5.78 Å². The number of ether oxygens (including phenoxy) is 1. The van der Waals surface area contributed by atoms with Crippen molar-refractivity contribution in [2.24, 2.45) is 5.92 Å². The quantitative estimate of drug-likeness (QED) is 0.820. The fourth-order valence-electron chi connectivity index (χ4n) is 2.83. The number of ketones is 1. The van der Waals surface area contributed by atoms with Crippen LogP contribution in [0.5, 0.6) is 0 Å². The average molecular weight is 254 g/mol. The molecule has 1 fully saturated rings. The van der Waals surface area contributed by atoms with Crippen molar-refractivity contribution in [3.63, 3.8) is 0 Å². The number of benzene rings is 1. The topological polar surface area (TPSA) is 26.3 Å². The first kappa shape index (κ1) is 12.2. The third-order valence-corrected chi connectivity index (χ3v) is 3.88. The van der Waals surface area contributed by atoms with Crippen LogP contribution in [-0.2, 0) is 16.1 Å². The van der Waals surface area contributed by atoms with E-state index in [1.54, 1.807) is 0 Å². The Bertz CT molecular complexity index is 525. The van der Waals surface area contributed by atoms with Crippen molar-refractivity contribution in [2.45, 2.75) is 32.3 Å². The summed E-state index contributed by atoms with van der Waals surface area (Å²) in [5.41, 5.74) is 2.19. The average Bonchev–Trinajstić information content (AvgIpc) is 2.46. The molecular formula is C17H18O2. The van der Waals surface area contributed by atoms with E-state index < -0.39 is 0 Å². The highest BCUT2D eigenvalue weighted by molar-refractivity contribution is 5.97. The summed E-state index contributed by atoms with van der Waals surface area (Å²) < 4.78 is 5.86. The van der Waals surface area contributed by atoms with Crippen molar-refractivity contribution in [2.75, 3.05) is 0 Å². The Labute approximate surface area is 113 Å². The van der Waals surface area contributed by atoms with Crippen LogP contribution in [0.3, 0.4) is 0 Å². The number of fused-ring (bicyclic) bond motifs is 1. The van der Waals surface area contributed by atoms with Gasteiger partial charge in [0.2, 0.25) is 0 Å². The van der Waals surface area contributed by atoms with Crippen LogP contribution in [0.25, 0.3) is 0 Å². The molecule has 1 aromatic rings. The molecular weight excluding hydrogens is 236 g/mol. The number of Topliss-reactive ketones (excluding diaryl/α,β-unsaturated/α-hetero) is 1. The van der Waals surface area contributed by atoms with Gasteiger partial charge < -0.3 is 4.74 Å². The van der Waals surface area contributed by atoms with Crippen LogP contribution in [0.4, 0.5) is 0 Å². The molecule has 0 aliphatic heterocycles. The van der Waals surface area contributed by atoms with Crippen molar-refractivity contribution >= 4 is 5.78 Å². The van der Waals surface area contributed by atoms with E-state index in [1.807, 2.05) is 30.4 Å². The van der Waals surface area contributed by atoms with Gasteiger partial charge in [-0.2, -0.15) is 0 Å². The van der Waals surface area contributed by atoms with E-state index in [0.717, 1.165) is 37.0 Å². The molecule has 98 valence electrons. The lowest BCUT2D eigenvalue weighted by atomic mass is 9.78. The molecule has 19 heavy (non-hydrogen) atoms. The maximum Gasteiger partial charge on any atom is 0.159 e. The van der Waals surface area contributed by atoms with Gasteiger partial charge in [0.05, 0.1) is 5.76 Å². The predicted molar refractivity (Wildman–Crippen MR) is 74.4 cm³/mol. The molecule has 2 aliphatic carbocycles. The van der Waals surface area contributed by atoms with Crippen molar-refractivity contribution in [3.8, 4) is 0 Å². The summed E-state index contributed by atoms with van der Waals surface area (Å²) in [6.07, 6.45) is 7.67. The van der Waals surface area contributed by atoms with Crippen molar-refractivity contribution < 1.29 is 9.53 Å². The SMILES string of the molecule is O=C1CCCC2CC(OCc3ccccc3)=CC=C12. The molecule has 2 nitrogen and oxygen atoms in total. The number of hydrogen-bond acceptors (Lipinski definition) is 2. The molecule has 1 aromatic carbocycles. The van der Waals surface area contributed by atoms with Crippen LogP contribution >= 0.6 is 0 Å². The third-order valence-electron chi connectivity index (χ3n) is 3.88. The van der Waals surface area contributed by atoms with E-state index in [9.17, 15) is 4.79 Å². The van der Waals surface area contributed by atoms with Crippen LogP contribution in [0, 0.1) is 5.92 Å². The molecule has 0 aromatic heterocycles. The Kier molecular flexibility index (Phi) is 3.49. The van der Waals surface area contributed by atoms with Crippen LogP contribution < -0.4 is 0 Å². The van der Waals surface area contributed by atoms with Crippen molar-refractivity contribution in [1.82, 2.24) is 0 Å². The van der Waals surface area contributed by atoms with Gasteiger partial charge in [-0.15, -0.1) is 0 Å². The van der Waals surface area contributed by atoms with E-state index in [-0.39, 0.29) is 0 Å². The summed E-state index contributed by atoms with van der Waals surface area (Å²) in [6.45, 7) is 0.608. The standard InChI is InChI=1S/C17H18O2/c18-17-8-4-7-14-11-15(9-10-16(14)17)19-12-13-5-2-1-3-6-13/h1-3,5-6,9-10,14H,4,7-8,11-12H2. The number of hydrogen-bond donors (Lipinski definition) is 0. The molecule has 0 spiro atoms. The second-order valence-electron chi connectivity index (χ2n) is 5.25. The van der Waals surface area contributed by atoms with Gasteiger partial charge in [0.1, 0.15) is 6.61 Å². The molecule has 0 saturated heterocycles. The van der Waals surface area contributed by atoms with Gasteiger partial charge in [-0.05, 0) is 36.0 Å². The molecule has 0 amide bonds. The highest BCUT2D eigenvalue weighted by atomic mass is 16.5. The fraction of sp³-hybridized carbons (Fsp3) is 0.353. The van der Waals surface area contributed by atoms with Gasteiger partial charge in [-0.1, -0.05) is 36.4 Å². The van der Waals surface area contributed by atoms with Crippen LogP contribution in [0.1, 0.15) is 31.2 Å². The zero-order valence-corrected chi connectivity index (χ0v) is 11.0. The smallest absolute Gasteiger partial charge is 0.159 e. The van der Waals surface area contributed by atoms with Gasteiger partial charge in [-0.3, -0.25) is 4.79 Å². The molecule has 0 N–H and O–H groups in total. The lowest BCUT2D eigenvalue weighted by Gasteiger charge is -2.27. The summed E-state index contributed by atoms with van der Waals surface area (Å²) in [6, 6.07) is 10.2. The summed E-state index contributed by atoms with van der Waals surface area (Å²) in [7, 11) is 0. The van der Waals surface area contributed by atoms with Crippen LogP contribution in [-0.4, -0.2) is 5.78 Å². The third kappa shape index (κ3) is 2.78. The molecule has 1 atom stereocenters. The lowest BCUT2D eigenvalue weighted by molar-refractivity contribution is -0.117. The molecule has 1 unspecified atom stereocenters. The Morgan fingerprint density at radius 2 is 2.00 bits per heavy atom. The van der Waals surface area contributed by atoms with E-state index in [2.05, 4.69) is 12.1 Å². The molecule has 3 rings (SSSR count). The molecule has 2 aliphatic rings. The zero-order valence-electron chi connectivity index (χ0n) is 11.0. The first-order valence-electron chi connectivity index (χ1n) is 6.93. The molecule has 0 bridgehead atoms. The van der Waals surface area contributed by atoms with Crippen molar-refractivity contribution in [3.05, 3.63) is 59.4 Å². The molecule has 1 saturated carbocycles. The minimum atomic E-state index is 0.328. The Morgan fingerprint density at radius 3 is 2.84 bits per heavy atom. The first-order valence-corrected chi connectivity index (χ1v) is 6.93. The number of carbonyl (C=O) groups excluding carboxylic acids is 1. The highest BCUT2D eigenvalue weighted by Crippen LogP contribution is 2.35. The Hall–Kier alpha value is -1.83. The van der Waals surface area contributed by atoms with E-state index in [0.29, 0.717) is 18.3 Å². The second kappa shape index (κ2) is 5.43. The predicted octanol–water partition coefficient (Wildman–Crippen LogP) is 3.79. The maximum absolute atomic E-state index is 11.8. The minimum absolute atomic E-state index is 0.328. The van der Waals surface area contributed by atoms with E-state index in [4.69, 9.17) is 4.74 Å². The van der Waals surface area contributed by atoms with E-state index in [1.165, 1.54) is 5.56 Å². The highest BCUT2D eigenvalue weighted by Gasteiger charge is 2.28. The van der Waals surface area contributed by atoms with Gasteiger partial charge in [-0.25, -0.2) is 0 Å². The Balaban J connectivity index is 1.65. The van der Waals surface area contributed by atoms with Crippen LogP contribution in [0.15, 0.2) is 53.8 Å². The summed E-state index contributed by atoms with van der Waals surface area (Å²) >= 11 is 0. The summed E-state index contributed by atoms with van der Waals surface area (Å²) in [4.78, 5) is 11.8. The van der Waals surface area contributed by atoms with Crippen molar-refractivity contribution in [1.29, 1.82) is 0 Å². The molecule has 0 heterocycles. The number of rotatable bonds is 3. The van der Waals surface area contributed by atoms with Gasteiger partial charge in [0, 0.05) is 12.8 Å². The Morgan fingerprint density at radius 1 is 1.16 bits per heavy atom. The van der Waals surface area contributed by atoms with Crippen LogP contribution in [0.2, 0.25) is 0 Å². The zero-order chi connectivity index (χ0) is 13.1. The second-order valence-corrected chi connectivity index (χ2v) is 5.25. The van der Waals surface area contributed by atoms with Gasteiger partial charge >= 0.3 is 0 Å².